The average Bonchev–Trinajstić information content (AvgIpc) is 2.35. The Morgan fingerprint density at radius 2 is 2.22 bits per heavy atom. The van der Waals surface area contributed by atoms with Crippen LogP contribution in [0.25, 0.3) is 10.9 Å². The smallest absolute Gasteiger partial charge is 0.313 e. The summed E-state index contributed by atoms with van der Waals surface area (Å²) in [5.74, 6) is -0.0815. The van der Waals surface area contributed by atoms with Crippen LogP contribution in [0.5, 0.6) is 5.75 Å². The van der Waals surface area contributed by atoms with Crippen LogP contribution in [0.15, 0.2) is 29.3 Å². The van der Waals surface area contributed by atoms with Crippen LogP contribution >= 0.6 is 11.8 Å². The van der Waals surface area contributed by atoms with E-state index >= 15 is 0 Å². The van der Waals surface area contributed by atoms with Crippen LogP contribution in [0.1, 0.15) is 5.56 Å². The van der Waals surface area contributed by atoms with Gasteiger partial charge in [-0.15, -0.1) is 0 Å². The highest BCUT2D eigenvalue weighted by Crippen LogP contribution is 2.26. The predicted molar refractivity (Wildman–Crippen MR) is 71.4 cm³/mol. The van der Waals surface area contributed by atoms with Gasteiger partial charge in [-0.05, 0) is 30.7 Å². The molecule has 0 aliphatic carbocycles. The molecule has 5 heteroatoms. The summed E-state index contributed by atoms with van der Waals surface area (Å²) in [4.78, 5) is 15.0. The highest BCUT2D eigenvalue weighted by molar-refractivity contribution is 7.99. The van der Waals surface area contributed by atoms with E-state index in [-0.39, 0.29) is 5.75 Å². The highest BCUT2D eigenvalue weighted by atomic mass is 32.2. The van der Waals surface area contributed by atoms with Gasteiger partial charge < -0.3 is 9.84 Å². The van der Waals surface area contributed by atoms with Crippen LogP contribution in [-0.4, -0.2) is 28.9 Å². The summed E-state index contributed by atoms with van der Waals surface area (Å²) in [6.45, 7) is 1.99. The second-order valence-electron chi connectivity index (χ2n) is 3.84. The first-order chi connectivity index (χ1) is 8.60. The number of rotatable bonds is 4. The van der Waals surface area contributed by atoms with E-state index in [1.54, 1.807) is 7.11 Å². The third-order valence-corrected chi connectivity index (χ3v) is 3.44. The van der Waals surface area contributed by atoms with Crippen molar-refractivity contribution < 1.29 is 14.6 Å². The number of carboxylic acids is 1. The lowest BCUT2D eigenvalue weighted by atomic mass is 10.1. The topological polar surface area (TPSA) is 59.4 Å². The van der Waals surface area contributed by atoms with Crippen molar-refractivity contribution in [2.75, 3.05) is 12.9 Å². The Kier molecular flexibility index (Phi) is 3.72. The van der Waals surface area contributed by atoms with Gasteiger partial charge in [-0.3, -0.25) is 4.79 Å². The molecule has 2 rings (SSSR count). The number of nitrogens with zero attached hydrogens (tertiary/aromatic N) is 1. The molecule has 0 aliphatic heterocycles. The molecule has 0 fully saturated rings. The number of hydrogen-bond donors (Lipinski definition) is 1. The summed E-state index contributed by atoms with van der Waals surface area (Å²) in [6.07, 6.45) is 0. The monoisotopic (exact) mass is 263 g/mol. The molecule has 0 amide bonds. The van der Waals surface area contributed by atoms with Crippen molar-refractivity contribution in [1.82, 2.24) is 4.98 Å². The number of methoxy groups -OCH3 is 1. The molecule has 1 N–H and O–H groups in total. The standard InChI is InChI=1S/C13H13NO3S/c1-8-5-12(18-7-13(15)16)14-11-6-9(17-2)3-4-10(8)11/h3-6H,7H2,1-2H3,(H,15,16). The van der Waals surface area contributed by atoms with Crippen molar-refractivity contribution in [3.8, 4) is 5.75 Å². The fourth-order valence-electron chi connectivity index (χ4n) is 1.69. The van der Waals surface area contributed by atoms with Crippen molar-refractivity contribution in [3.05, 3.63) is 29.8 Å². The number of carbonyl (C=O) groups is 1. The van der Waals surface area contributed by atoms with E-state index in [9.17, 15) is 4.79 Å². The minimum absolute atomic E-state index is 0.0158. The van der Waals surface area contributed by atoms with Gasteiger partial charge >= 0.3 is 5.97 Å². The van der Waals surface area contributed by atoms with Gasteiger partial charge in [0.15, 0.2) is 0 Å². The fraction of sp³-hybridized carbons (Fsp3) is 0.231. The number of carboxylic acid groups (broad SMARTS) is 1. The molecule has 0 aliphatic rings. The van der Waals surface area contributed by atoms with E-state index in [0.717, 1.165) is 27.2 Å². The Morgan fingerprint density at radius 1 is 1.44 bits per heavy atom. The SMILES string of the molecule is COc1ccc2c(C)cc(SCC(=O)O)nc2c1. The second kappa shape index (κ2) is 5.27. The normalized spacial score (nSPS) is 10.6. The van der Waals surface area contributed by atoms with Crippen molar-refractivity contribution in [3.63, 3.8) is 0 Å². The quantitative estimate of drug-likeness (QED) is 0.859. The number of thioether (sulfide) groups is 1. The summed E-state index contributed by atoms with van der Waals surface area (Å²) in [5, 5.41) is 10.4. The summed E-state index contributed by atoms with van der Waals surface area (Å²) in [6, 6.07) is 7.61. The highest BCUT2D eigenvalue weighted by Gasteiger charge is 2.06. The van der Waals surface area contributed by atoms with Crippen molar-refractivity contribution in [1.29, 1.82) is 0 Å². The van der Waals surface area contributed by atoms with Crippen molar-refractivity contribution in [2.45, 2.75) is 11.9 Å². The molecule has 0 spiro atoms. The zero-order valence-corrected chi connectivity index (χ0v) is 11.0. The third kappa shape index (κ3) is 2.73. The van der Waals surface area contributed by atoms with Crippen molar-refractivity contribution >= 4 is 28.6 Å². The number of pyridine rings is 1. The van der Waals surface area contributed by atoms with Crippen LogP contribution in [0, 0.1) is 6.92 Å². The van der Waals surface area contributed by atoms with Gasteiger partial charge in [0.25, 0.3) is 0 Å². The molecular formula is C13H13NO3S. The molecule has 0 unspecified atom stereocenters. The van der Waals surface area contributed by atoms with Gasteiger partial charge in [0.1, 0.15) is 5.75 Å². The molecule has 94 valence electrons. The van der Waals surface area contributed by atoms with Crippen LogP contribution in [0.2, 0.25) is 0 Å². The summed E-state index contributed by atoms with van der Waals surface area (Å²) in [7, 11) is 1.61. The lowest BCUT2D eigenvalue weighted by Gasteiger charge is -2.07. The number of aryl methyl sites for hydroxylation is 1. The molecule has 0 saturated carbocycles. The largest absolute Gasteiger partial charge is 0.497 e. The molecule has 18 heavy (non-hydrogen) atoms. The van der Waals surface area contributed by atoms with Crippen LogP contribution < -0.4 is 4.74 Å². The van der Waals surface area contributed by atoms with E-state index in [0.29, 0.717) is 0 Å². The van der Waals surface area contributed by atoms with Crippen LogP contribution in [0.3, 0.4) is 0 Å². The molecule has 1 heterocycles. The molecule has 2 aromatic rings. The zero-order chi connectivity index (χ0) is 13.1. The Balaban J connectivity index is 2.42. The second-order valence-corrected chi connectivity index (χ2v) is 4.84. The number of aromatic nitrogens is 1. The Hall–Kier alpha value is -1.75. The maximum absolute atomic E-state index is 10.6. The molecule has 0 saturated heterocycles. The van der Waals surface area contributed by atoms with E-state index < -0.39 is 5.97 Å². The number of aliphatic carboxylic acids is 1. The minimum atomic E-state index is -0.842. The summed E-state index contributed by atoms with van der Waals surface area (Å²) in [5.41, 5.74) is 1.90. The predicted octanol–water partition coefficient (Wildman–Crippen LogP) is 2.73. The molecule has 0 radical (unpaired) electrons. The number of fused-ring (bicyclic) bond motifs is 1. The van der Waals surface area contributed by atoms with Crippen LogP contribution in [-0.2, 0) is 4.79 Å². The first-order valence-electron chi connectivity index (χ1n) is 5.40. The molecule has 0 bridgehead atoms. The van der Waals surface area contributed by atoms with Gasteiger partial charge in [0.2, 0.25) is 0 Å². The number of hydrogen-bond acceptors (Lipinski definition) is 4. The fourth-order valence-corrected chi connectivity index (χ4v) is 2.38. The summed E-state index contributed by atoms with van der Waals surface area (Å²) >= 11 is 1.22. The lowest BCUT2D eigenvalue weighted by Crippen LogP contribution is -1.98. The van der Waals surface area contributed by atoms with Gasteiger partial charge in [-0.25, -0.2) is 4.98 Å². The van der Waals surface area contributed by atoms with E-state index in [2.05, 4.69) is 4.98 Å². The summed E-state index contributed by atoms with van der Waals surface area (Å²) < 4.78 is 5.16. The van der Waals surface area contributed by atoms with Gasteiger partial charge in [0, 0.05) is 11.5 Å². The molecule has 1 aromatic heterocycles. The lowest BCUT2D eigenvalue weighted by molar-refractivity contribution is -0.133. The maximum atomic E-state index is 10.6. The Labute approximate surface area is 109 Å². The van der Waals surface area contributed by atoms with E-state index in [4.69, 9.17) is 9.84 Å². The van der Waals surface area contributed by atoms with Crippen LogP contribution in [0.4, 0.5) is 0 Å². The molecule has 0 atom stereocenters. The van der Waals surface area contributed by atoms with E-state index in [1.165, 1.54) is 11.8 Å². The Morgan fingerprint density at radius 3 is 2.89 bits per heavy atom. The van der Waals surface area contributed by atoms with Gasteiger partial charge in [0.05, 0.1) is 23.4 Å². The Bertz CT molecular complexity index is 598. The van der Waals surface area contributed by atoms with E-state index in [1.807, 2.05) is 31.2 Å². The molecular weight excluding hydrogens is 250 g/mol. The number of ether oxygens (including phenoxy) is 1. The molecule has 4 nitrogen and oxygen atoms in total. The van der Waals surface area contributed by atoms with Gasteiger partial charge in [-0.2, -0.15) is 0 Å². The van der Waals surface area contributed by atoms with Gasteiger partial charge in [-0.1, -0.05) is 11.8 Å². The first kappa shape index (κ1) is 12.7. The first-order valence-corrected chi connectivity index (χ1v) is 6.38. The zero-order valence-electron chi connectivity index (χ0n) is 10.1. The average molecular weight is 263 g/mol. The van der Waals surface area contributed by atoms with Crippen molar-refractivity contribution in [2.24, 2.45) is 0 Å². The number of benzene rings is 1. The third-order valence-electron chi connectivity index (χ3n) is 2.54. The molecule has 1 aromatic carbocycles. The maximum Gasteiger partial charge on any atom is 0.313 e. The minimum Gasteiger partial charge on any atom is -0.497 e.